The largest absolute Gasteiger partial charge is 0.396 e. The molecule has 1 atom stereocenters. The highest BCUT2D eigenvalue weighted by Crippen LogP contribution is 2.06. The van der Waals surface area contributed by atoms with Gasteiger partial charge >= 0.3 is 0 Å². The highest BCUT2D eigenvalue weighted by atomic mass is 16.3. The smallest absolute Gasteiger partial charge is 0.126 e. The molecule has 0 aliphatic heterocycles. The van der Waals surface area contributed by atoms with E-state index in [1.165, 1.54) is 0 Å². The van der Waals surface area contributed by atoms with E-state index < -0.39 is 0 Å². The molecule has 1 aromatic rings. The number of anilines is 1. The zero-order valence-electron chi connectivity index (χ0n) is 8.12. The fourth-order valence-electron chi connectivity index (χ4n) is 1.07. The number of aryl methyl sites for hydroxylation is 1. The number of aromatic nitrogens is 1. The average molecular weight is 180 g/mol. The average Bonchev–Trinajstić information content (AvgIpc) is 2.09. The molecule has 3 nitrogen and oxygen atoms in total. The van der Waals surface area contributed by atoms with Gasteiger partial charge in [-0.2, -0.15) is 0 Å². The molecule has 3 heteroatoms. The minimum atomic E-state index is 0.208. The van der Waals surface area contributed by atoms with Gasteiger partial charge in [0, 0.05) is 18.8 Å². The molecule has 0 aliphatic carbocycles. The Balaban J connectivity index is 2.49. The molecule has 1 heterocycles. The Morgan fingerprint density at radius 1 is 1.54 bits per heavy atom. The zero-order chi connectivity index (χ0) is 9.68. The summed E-state index contributed by atoms with van der Waals surface area (Å²) < 4.78 is 0. The van der Waals surface area contributed by atoms with Gasteiger partial charge in [-0.15, -0.1) is 0 Å². The van der Waals surface area contributed by atoms with Gasteiger partial charge in [0.25, 0.3) is 0 Å². The standard InChI is InChI=1S/C10H16N2O/c1-8-3-4-10(11-7-8)12-9(2)5-6-13/h3-4,7,9,13H,5-6H2,1-2H3,(H,11,12)/t9-/m0/s1. The van der Waals surface area contributed by atoms with Gasteiger partial charge < -0.3 is 10.4 Å². The maximum Gasteiger partial charge on any atom is 0.126 e. The van der Waals surface area contributed by atoms with E-state index >= 15 is 0 Å². The Labute approximate surface area is 78.8 Å². The third-order valence-corrected chi connectivity index (χ3v) is 1.87. The lowest BCUT2D eigenvalue weighted by Crippen LogP contribution is -2.17. The fourth-order valence-corrected chi connectivity index (χ4v) is 1.07. The van der Waals surface area contributed by atoms with E-state index in [0.29, 0.717) is 0 Å². The van der Waals surface area contributed by atoms with Crippen molar-refractivity contribution in [3.8, 4) is 0 Å². The first-order valence-electron chi connectivity index (χ1n) is 4.52. The number of aliphatic hydroxyl groups is 1. The summed E-state index contributed by atoms with van der Waals surface area (Å²) >= 11 is 0. The van der Waals surface area contributed by atoms with Crippen molar-refractivity contribution in [2.24, 2.45) is 0 Å². The van der Waals surface area contributed by atoms with Crippen LogP contribution in [0.15, 0.2) is 18.3 Å². The molecule has 13 heavy (non-hydrogen) atoms. The second-order valence-electron chi connectivity index (χ2n) is 3.28. The normalized spacial score (nSPS) is 12.5. The van der Waals surface area contributed by atoms with Crippen molar-refractivity contribution in [2.75, 3.05) is 11.9 Å². The quantitative estimate of drug-likeness (QED) is 0.739. The molecule has 1 aromatic heterocycles. The number of rotatable bonds is 4. The summed E-state index contributed by atoms with van der Waals surface area (Å²) in [4.78, 5) is 4.21. The number of nitrogens with zero attached hydrogens (tertiary/aromatic N) is 1. The van der Waals surface area contributed by atoms with Crippen LogP contribution in [0.1, 0.15) is 18.9 Å². The molecule has 1 rings (SSSR count). The van der Waals surface area contributed by atoms with Crippen molar-refractivity contribution in [1.82, 2.24) is 4.98 Å². The third kappa shape index (κ3) is 3.42. The van der Waals surface area contributed by atoms with Gasteiger partial charge in [-0.05, 0) is 31.9 Å². The second kappa shape index (κ2) is 4.82. The molecule has 0 saturated carbocycles. The van der Waals surface area contributed by atoms with E-state index in [4.69, 9.17) is 5.11 Å². The van der Waals surface area contributed by atoms with Gasteiger partial charge in [-0.25, -0.2) is 4.98 Å². The van der Waals surface area contributed by atoms with Crippen LogP contribution in [-0.4, -0.2) is 22.7 Å². The molecule has 0 bridgehead atoms. The molecular formula is C10H16N2O. The minimum Gasteiger partial charge on any atom is -0.396 e. The van der Waals surface area contributed by atoms with E-state index in [-0.39, 0.29) is 12.6 Å². The first kappa shape index (κ1) is 9.99. The number of hydrogen-bond acceptors (Lipinski definition) is 3. The van der Waals surface area contributed by atoms with Crippen molar-refractivity contribution in [3.63, 3.8) is 0 Å². The summed E-state index contributed by atoms with van der Waals surface area (Å²) in [6, 6.07) is 4.23. The molecule has 0 fully saturated rings. The molecule has 0 unspecified atom stereocenters. The molecule has 0 radical (unpaired) electrons. The van der Waals surface area contributed by atoms with E-state index in [2.05, 4.69) is 10.3 Å². The summed E-state index contributed by atoms with van der Waals surface area (Å²) in [6.45, 7) is 4.24. The highest BCUT2D eigenvalue weighted by Gasteiger charge is 2.00. The van der Waals surface area contributed by atoms with Crippen LogP contribution in [0, 0.1) is 6.92 Å². The van der Waals surface area contributed by atoms with Crippen molar-refractivity contribution < 1.29 is 5.11 Å². The Kier molecular flexibility index (Phi) is 3.71. The van der Waals surface area contributed by atoms with Crippen LogP contribution in [0.5, 0.6) is 0 Å². The molecule has 72 valence electrons. The molecule has 2 N–H and O–H groups in total. The molecule has 0 aliphatic rings. The zero-order valence-corrected chi connectivity index (χ0v) is 8.12. The van der Waals surface area contributed by atoms with Crippen LogP contribution in [-0.2, 0) is 0 Å². The van der Waals surface area contributed by atoms with Crippen LogP contribution >= 0.6 is 0 Å². The van der Waals surface area contributed by atoms with E-state index in [1.807, 2.05) is 32.2 Å². The first-order chi connectivity index (χ1) is 6.22. The fraction of sp³-hybridized carbons (Fsp3) is 0.500. The SMILES string of the molecule is Cc1ccc(N[C@@H](C)CCO)nc1. The van der Waals surface area contributed by atoms with Gasteiger partial charge in [-0.1, -0.05) is 6.07 Å². The summed E-state index contributed by atoms with van der Waals surface area (Å²) in [5.41, 5.74) is 1.15. The summed E-state index contributed by atoms with van der Waals surface area (Å²) in [5, 5.41) is 11.9. The van der Waals surface area contributed by atoms with Crippen molar-refractivity contribution in [3.05, 3.63) is 23.9 Å². The third-order valence-electron chi connectivity index (χ3n) is 1.87. The Morgan fingerprint density at radius 2 is 2.31 bits per heavy atom. The number of aliphatic hydroxyl groups excluding tert-OH is 1. The maximum absolute atomic E-state index is 8.70. The predicted molar refractivity (Wildman–Crippen MR) is 53.8 cm³/mol. The first-order valence-corrected chi connectivity index (χ1v) is 4.52. The van der Waals surface area contributed by atoms with Gasteiger partial charge in [-0.3, -0.25) is 0 Å². The van der Waals surface area contributed by atoms with Crippen LogP contribution in [0.2, 0.25) is 0 Å². The van der Waals surface area contributed by atoms with E-state index in [1.54, 1.807) is 0 Å². The van der Waals surface area contributed by atoms with Crippen LogP contribution < -0.4 is 5.32 Å². The molecule has 0 aromatic carbocycles. The molecule has 0 saturated heterocycles. The summed E-state index contributed by atoms with van der Waals surface area (Å²) in [6.07, 6.45) is 2.57. The predicted octanol–water partition coefficient (Wildman–Crippen LogP) is 1.57. The topological polar surface area (TPSA) is 45.1 Å². The maximum atomic E-state index is 8.70. The summed E-state index contributed by atoms with van der Waals surface area (Å²) in [5.74, 6) is 0.867. The lowest BCUT2D eigenvalue weighted by atomic mass is 10.2. The van der Waals surface area contributed by atoms with Gasteiger partial charge in [0.15, 0.2) is 0 Å². The highest BCUT2D eigenvalue weighted by molar-refractivity contribution is 5.35. The minimum absolute atomic E-state index is 0.208. The monoisotopic (exact) mass is 180 g/mol. The van der Waals surface area contributed by atoms with E-state index in [9.17, 15) is 0 Å². The lowest BCUT2D eigenvalue weighted by molar-refractivity contribution is 0.282. The molecule has 0 spiro atoms. The van der Waals surface area contributed by atoms with Crippen LogP contribution in [0.25, 0.3) is 0 Å². The number of hydrogen-bond donors (Lipinski definition) is 2. The Morgan fingerprint density at radius 3 is 2.85 bits per heavy atom. The van der Waals surface area contributed by atoms with Crippen LogP contribution in [0.4, 0.5) is 5.82 Å². The Hall–Kier alpha value is -1.09. The van der Waals surface area contributed by atoms with Gasteiger partial charge in [0.1, 0.15) is 5.82 Å². The second-order valence-corrected chi connectivity index (χ2v) is 3.28. The van der Waals surface area contributed by atoms with Crippen molar-refractivity contribution >= 4 is 5.82 Å². The van der Waals surface area contributed by atoms with E-state index in [0.717, 1.165) is 17.8 Å². The molecule has 0 amide bonds. The van der Waals surface area contributed by atoms with Crippen molar-refractivity contribution in [2.45, 2.75) is 26.3 Å². The lowest BCUT2D eigenvalue weighted by Gasteiger charge is -2.12. The molecular weight excluding hydrogens is 164 g/mol. The van der Waals surface area contributed by atoms with Crippen LogP contribution in [0.3, 0.4) is 0 Å². The number of pyridine rings is 1. The summed E-state index contributed by atoms with van der Waals surface area (Å²) in [7, 11) is 0. The Bertz CT molecular complexity index is 246. The van der Waals surface area contributed by atoms with Crippen molar-refractivity contribution in [1.29, 1.82) is 0 Å². The number of nitrogens with one attached hydrogen (secondary N) is 1. The van der Waals surface area contributed by atoms with Gasteiger partial charge in [0.05, 0.1) is 0 Å². The van der Waals surface area contributed by atoms with Gasteiger partial charge in [0.2, 0.25) is 0 Å².